The van der Waals surface area contributed by atoms with E-state index in [1.807, 2.05) is 30.5 Å². The van der Waals surface area contributed by atoms with E-state index in [9.17, 15) is 4.79 Å². The first-order valence-corrected chi connectivity index (χ1v) is 8.35. The molecule has 0 spiro atoms. The molecule has 0 heterocycles. The number of hydrogen-bond acceptors (Lipinski definition) is 6. The maximum absolute atomic E-state index is 12.1. The minimum absolute atomic E-state index is 0.186. The van der Waals surface area contributed by atoms with E-state index in [2.05, 4.69) is 11.2 Å². The van der Waals surface area contributed by atoms with Gasteiger partial charge in [-0.3, -0.25) is 14.1 Å². The third kappa shape index (κ3) is 4.68. The Morgan fingerprint density at radius 3 is 2.54 bits per heavy atom. The maximum Gasteiger partial charge on any atom is 0.251 e. The Hall–Kier alpha value is -2.14. The van der Waals surface area contributed by atoms with Gasteiger partial charge in [-0.1, -0.05) is 5.92 Å². The number of hydrogen-bond donors (Lipinski definition) is 3. The van der Waals surface area contributed by atoms with Gasteiger partial charge in [0.2, 0.25) is 0 Å². The molecule has 1 saturated carbocycles. The number of hydrazine groups is 1. The molecule has 24 heavy (non-hydrogen) atoms. The van der Waals surface area contributed by atoms with Crippen molar-refractivity contribution in [2.45, 2.75) is 23.3 Å². The molecule has 1 aromatic carbocycles. The smallest absolute Gasteiger partial charge is 0.251 e. The van der Waals surface area contributed by atoms with E-state index in [4.69, 9.17) is 18.0 Å². The number of nitrogens with two attached hydrogens (primary N) is 2. The van der Waals surface area contributed by atoms with Gasteiger partial charge in [0.25, 0.3) is 5.91 Å². The largest absolute Gasteiger partial charge is 0.399 e. The van der Waals surface area contributed by atoms with E-state index >= 15 is 0 Å². The Bertz CT molecular complexity index is 659. The number of rotatable bonds is 7. The van der Waals surface area contributed by atoms with Gasteiger partial charge >= 0.3 is 0 Å². The topological polar surface area (TPSA) is 87.6 Å². The molecule has 0 atom stereocenters. The summed E-state index contributed by atoms with van der Waals surface area (Å²) < 4.78 is 1.99. The Morgan fingerprint density at radius 2 is 2.04 bits per heavy atom. The highest BCUT2D eigenvalue weighted by atomic mass is 32.2. The van der Waals surface area contributed by atoms with Crippen LogP contribution in [0.5, 0.6) is 0 Å². The number of nitrogens with zero attached hydrogens (tertiary/aromatic N) is 2. The summed E-state index contributed by atoms with van der Waals surface area (Å²) in [6.45, 7) is 0.210. The highest BCUT2D eigenvalue weighted by Crippen LogP contribution is 2.39. The van der Waals surface area contributed by atoms with Crippen LogP contribution in [0.25, 0.3) is 0 Å². The van der Waals surface area contributed by atoms with Crippen LogP contribution in [0.1, 0.15) is 23.2 Å². The van der Waals surface area contributed by atoms with E-state index in [1.54, 1.807) is 30.3 Å². The fourth-order valence-corrected chi connectivity index (χ4v) is 2.79. The van der Waals surface area contributed by atoms with Gasteiger partial charge in [0, 0.05) is 22.4 Å². The fraction of sp³-hybridized carbons (Fsp3) is 0.353. The first kappa shape index (κ1) is 18.2. The SMILES string of the molecule is C#CC1(N(N)/C=C(\N)CNC(=O)c2ccc(SN(C)C)cc2)CC1. The van der Waals surface area contributed by atoms with Crippen molar-refractivity contribution in [3.63, 3.8) is 0 Å². The third-order valence-electron chi connectivity index (χ3n) is 3.65. The molecule has 0 radical (unpaired) electrons. The first-order valence-electron chi connectivity index (χ1n) is 7.58. The molecule has 1 amide bonds. The molecule has 6 nitrogen and oxygen atoms in total. The van der Waals surface area contributed by atoms with E-state index in [0.717, 1.165) is 17.7 Å². The van der Waals surface area contributed by atoms with Gasteiger partial charge in [0.15, 0.2) is 0 Å². The Balaban J connectivity index is 1.87. The van der Waals surface area contributed by atoms with Gasteiger partial charge < -0.3 is 11.1 Å². The molecule has 0 aliphatic heterocycles. The normalized spacial score (nSPS) is 15.7. The molecule has 0 bridgehead atoms. The third-order valence-corrected chi connectivity index (χ3v) is 4.50. The summed E-state index contributed by atoms with van der Waals surface area (Å²) >= 11 is 1.59. The van der Waals surface area contributed by atoms with Crippen LogP contribution in [0, 0.1) is 12.3 Å². The van der Waals surface area contributed by atoms with Gasteiger partial charge in [-0.05, 0) is 63.2 Å². The van der Waals surface area contributed by atoms with Gasteiger partial charge in [0.05, 0.1) is 6.54 Å². The second kappa shape index (κ2) is 7.62. The van der Waals surface area contributed by atoms with Crippen LogP contribution >= 0.6 is 11.9 Å². The number of carbonyl (C=O) groups excluding carboxylic acids is 1. The van der Waals surface area contributed by atoms with Gasteiger partial charge in [-0.25, -0.2) is 5.84 Å². The summed E-state index contributed by atoms with van der Waals surface area (Å²) in [5.74, 6) is 8.40. The lowest BCUT2D eigenvalue weighted by molar-refractivity contribution is 0.0956. The molecule has 128 valence electrons. The number of amides is 1. The van der Waals surface area contributed by atoms with Crippen LogP contribution in [0.3, 0.4) is 0 Å². The number of benzene rings is 1. The summed E-state index contributed by atoms with van der Waals surface area (Å²) in [6.07, 6.45) is 8.77. The molecule has 5 N–H and O–H groups in total. The van der Waals surface area contributed by atoms with E-state index in [-0.39, 0.29) is 12.5 Å². The van der Waals surface area contributed by atoms with Gasteiger partial charge in [0.1, 0.15) is 5.54 Å². The second-order valence-corrected chi connectivity index (χ2v) is 7.28. The summed E-state index contributed by atoms with van der Waals surface area (Å²) in [6, 6.07) is 7.38. The zero-order valence-electron chi connectivity index (χ0n) is 14.0. The molecule has 1 aliphatic rings. The minimum Gasteiger partial charge on any atom is -0.399 e. The molecular weight excluding hydrogens is 322 g/mol. The van der Waals surface area contributed by atoms with Crippen molar-refractivity contribution in [1.29, 1.82) is 0 Å². The van der Waals surface area contributed by atoms with Crippen LogP contribution in [-0.4, -0.2) is 41.4 Å². The van der Waals surface area contributed by atoms with Crippen molar-refractivity contribution in [3.05, 3.63) is 41.7 Å². The molecule has 2 rings (SSSR count). The standard InChI is InChI=1S/C17H23N5OS/c1-4-17(9-10-17)22(19)12-14(18)11-20-16(23)13-5-7-15(8-6-13)24-21(2)3/h1,5-8,12H,9-11,18-19H2,2-3H3,(H,20,23)/b14-12-. The second-order valence-electron chi connectivity index (χ2n) is 5.90. The zero-order chi connectivity index (χ0) is 17.7. The summed E-state index contributed by atoms with van der Waals surface area (Å²) in [5.41, 5.74) is 6.53. The number of nitrogens with one attached hydrogen (secondary N) is 1. The van der Waals surface area contributed by atoms with Crippen molar-refractivity contribution in [2.75, 3.05) is 20.6 Å². The quantitative estimate of drug-likeness (QED) is 0.297. The monoisotopic (exact) mass is 345 g/mol. The Morgan fingerprint density at radius 1 is 1.42 bits per heavy atom. The van der Waals surface area contributed by atoms with E-state index < -0.39 is 5.54 Å². The van der Waals surface area contributed by atoms with Crippen molar-refractivity contribution in [3.8, 4) is 12.3 Å². The van der Waals surface area contributed by atoms with Crippen LogP contribution in [0.2, 0.25) is 0 Å². The number of carbonyl (C=O) groups is 1. The molecule has 0 unspecified atom stereocenters. The average Bonchev–Trinajstić information content (AvgIpc) is 3.34. The molecule has 1 aliphatic carbocycles. The molecular formula is C17H23N5OS. The molecule has 1 fully saturated rings. The molecule has 7 heteroatoms. The summed E-state index contributed by atoms with van der Waals surface area (Å²) in [7, 11) is 3.93. The lowest BCUT2D eigenvalue weighted by Gasteiger charge is -2.21. The van der Waals surface area contributed by atoms with E-state index in [1.165, 1.54) is 5.01 Å². The van der Waals surface area contributed by atoms with Gasteiger partial charge in [-0.15, -0.1) is 6.42 Å². The molecule has 0 saturated heterocycles. The van der Waals surface area contributed by atoms with Crippen LogP contribution in [0.15, 0.2) is 41.1 Å². The molecule has 1 aromatic rings. The summed E-state index contributed by atoms with van der Waals surface area (Å²) in [5, 5.41) is 4.23. The predicted octanol–water partition coefficient (Wildman–Crippen LogP) is 1.13. The van der Waals surface area contributed by atoms with Gasteiger partial charge in [-0.2, -0.15) is 0 Å². The lowest BCUT2D eigenvalue weighted by atomic mass is 10.2. The van der Waals surface area contributed by atoms with Crippen LogP contribution < -0.4 is 16.9 Å². The Kier molecular flexibility index (Phi) is 5.78. The van der Waals surface area contributed by atoms with E-state index in [0.29, 0.717) is 11.3 Å². The number of terminal acetylenes is 1. The highest BCUT2D eigenvalue weighted by molar-refractivity contribution is 7.97. The van der Waals surface area contributed by atoms with Crippen molar-refractivity contribution < 1.29 is 4.79 Å². The average molecular weight is 345 g/mol. The fourth-order valence-electron chi connectivity index (χ4n) is 2.11. The first-order chi connectivity index (χ1) is 11.4. The lowest BCUT2D eigenvalue weighted by Crippen LogP contribution is -2.39. The van der Waals surface area contributed by atoms with Crippen LogP contribution in [0.4, 0.5) is 0 Å². The minimum atomic E-state index is -0.408. The van der Waals surface area contributed by atoms with Crippen LogP contribution in [-0.2, 0) is 0 Å². The zero-order valence-corrected chi connectivity index (χ0v) is 14.8. The van der Waals surface area contributed by atoms with Crippen molar-refractivity contribution >= 4 is 17.9 Å². The summed E-state index contributed by atoms with van der Waals surface area (Å²) in [4.78, 5) is 13.2. The predicted molar refractivity (Wildman–Crippen MR) is 97.4 cm³/mol. The van der Waals surface area contributed by atoms with Crippen molar-refractivity contribution in [2.24, 2.45) is 11.6 Å². The Labute approximate surface area is 147 Å². The maximum atomic E-state index is 12.1. The highest BCUT2D eigenvalue weighted by Gasteiger charge is 2.44. The molecule has 0 aromatic heterocycles. The van der Waals surface area contributed by atoms with Crippen molar-refractivity contribution in [1.82, 2.24) is 14.6 Å².